The van der Waals surface area contributed by atoms with E-state index in [4.69, 9.17) is 4.43 Å². The van der Waals surface area contributed by atoms with Crippen molar-refractivity contribution in [2.24, 2.45) is 4.99 Å². The van der Waals surface area contributed by atoms with Crippen LogP contribution in [0.2, 0.25) is 6.04 Å². The normalized spacial score (nSPS) is 18.5. The van der Waals surface area contributed by atoms with Crippen molar-refractivity contribution in [2.45, 2.75) is 31.7 Å². The van der Waals surface area contributed by atoms with Crippen LogP contribution in [0.3, 0.4) is 0 Å². The summed E-state index contributed by atoms with van der Waals surface area (Å²) in [5.74, 6) is 0. The Kier molecular flexibility index (Phi) is 4.46. The fourth-order valence-corrected chi connectivity index (χ4v) is 1.96. The first-order valence-corrected chi connectivity index (χ1v) is 6.02. The van der Waals surface area contributed by atoms with Crippen molar-refractivity contribution < 1.29 is 4.43 Å². The molecule has 0 spiro atoms. The summed E-state index contributed by atoms with van der Waals surface area (Å²) in [5, 5.41) is 0. The van der Waals surface area contributed by atoms with Crippen molar-refractivity contribution in [3.8, 4) is 0 Å². The number of hydrogen-bond acceptors (Lipinski definition) is 2. The highest BCUT2D eigenvalue weighted by Crippen LogP contribution is 2.14. The molecule has 0 aromatic rings. The van der Waals surface area contributed by atoms with Crippen LogP contribution in [0.4, 0.5) is 0 Å². The number of rotatable bonds is 4. The van der Waals surface area contributed by atoms with Crippen LogP contribution >= 0.6 is 0 Å². The third-order valence-electron chi connectivity index (χ3n) is 2.02. The summed E-state index contributed by atoms with van der Waals surface area (Å²) in [6.45, 7) is 1.02. The Morgan fingerprint density at radius 2 is 2.18 bits per heavy atom. The van der Waals surface area contributed by atoms with Gasteiger partial charge in [0.05, 0.1) is 0 Å². The molecule has 1 saturated carbocycles. The molecule has 3 heteroatoms. The van der Waals surface area contributed by atoms with E-state index < -0.39 is 0 Å². The Bertz CT molecular complexity index is 128. The molecule has 11 heavy (non-hydrogen) atoms. The van der Waals surface area contributed by atoms with Gasteiger partial charge in [0.15, 0.2) is 9.76 Å². The van der Waals surface area contributed by atoms with Gasteiger partial charge >= 0.3 is 0 Å². The zero-order valence-corrected chi connectivity index (χ0v) is 8.72. The van der Waals surface area contributed by atoms with Crippen molar-refractivity contribution in [3.05, 3.63) is 0 Å². The lowest BCUT2D eigenvalue weighted by molar-refractivity contribution is 0.441. The highest BCUT2D eigenvalue weighted by Gasteiger charge is 2.06. The SMILES string of the molecule is CO[SiH2]CCN=C1CCCC1. The number of nitrogens with zero attached hydrogens (tertiary/aromatic N) is 1. The maximum absolute atomic E-state index is 5.08. The third kappa shape index (κ3) is 3.67. The number of hydrogen-bond donors (Lipinski definition) is 0. The van der Waals surface area contributed by atoms with Gasteiger partial charge in [-0.05, 0) is 31.7 Å². The molecule has 0 atom stereocenters. The summed E-state index contributed by atoms with van der Waals surface area (Å²) in [5.41, 5.74) is 1.45. The van der Waals surface area contributed by atoms with Gasteiger partial charge in [0, 0.05) is 19.4 Å². The molecule has 0 saturated heterocycles. The van der Waals surface area contributed by atoms with E-state index in [2.05, 4.69) is 4.99 Å². The molecule has 0 heterocycles. The monoisotopic (exact) mass is 171 g/mol. The third-order valence-corrected chi connectivity index (χ3v) is 3.04. The second kappa shape index (κ2) is 5.49. The minimum Gasteiger partial charge on any atom is -0.427 e. The lowest BCUT2D eigenvalue weighted by Crippen LogP contribution is -1.97. The molecule has 0 aromatic heterocycles. The van der Waals surface area contributed by atoms with Gasteiger partial charge in [0.1, 0.15) is 0 Å². The Morgan fingerprint density at radius 3 is 2.82 bits per heavy atom. The van der Waals surface area contributed by atoms with Gasteiger partial charge in [-0.2, -0.15) is 0 Å². The fourth-order valence-electron chi connectivity index (χ4n) is 1.39. The average molecular weight is 171 g/mol. The summed E-state index contributed by atoms with van der Waals surface area (Å²) in [7, 11) is 1.58. The van der Waals surface area contributed by atoms with E-state index >= 15 is 0 Å². The summed E-state index contributed by atoms with van der Waals surface area (Å²) in [6.07, 6.45) is 5.24. The summed E-state index contributed by atoms with van der Waals surface area (Å²) in [4.78, 5) is 4.53. The van der Waals surface area contributed by atoms with E-state index in [-0.39, 0.29) is 9.76 Å². The molecule has 1 fully saturated rings. The van der Waals surface area contributed by atoms with Crippen LogP contribution in [0.1, 0.15) is 25.7 Å². The molecule has 2 nitrogen and oxygen atoms in total. The van der Waals surface area contributed by atoms with Crippen molar-refractivity contribution in [2.75, 3.05) is 13.7 Å². The molecule has 0 N–H and O–H groups in total. The molecule has 1 aliphatic rings. The standard InChI is InChI=1S/C8H17NOSi/c1-10-11-7-6-9-8-4-2-3-5-8/h2-7,11H2,1H3. The molecule has 0 bridgehead atoms. The molecular weight excluding hydrogens is 154 g/mol. The lowest BCUT2D eigenvalue weighted by Gasteiger charge is -1.95. The van der Waals surface area contributed by atoms with E-state index in [9.17, 15) is 0 Å². The molecule has 0 amide bonds. The summed E-state index contributed by atoms with van der Waals surface area (Å²) in [6, 6.07) is 1.21. The summed E-state index contributed by atoms with van der Waals surface area (Å²) >= 11 is 0. The van der Waals surface area contributed by atoms with Gasteiger partial charge in [-0.1, -0.05) is 0 Å². The minimum atomic E-state index is -0.223. The average Bonchev–Trinajstić information content (AvgIpc) is 2.50. The Morgan fingerprint density at radius 1 is 1.45 bits per heavy atom. The molecule has 0 aromatic carbocycles. The Hall–Kier alpha value is -0.153. The zero-order valence-electron chi connectivity index (χ0n) is 7.31. The van der Waals surface area contributed by atoms with Crippen molar-refractivity contribution in [1.29, 1.82) is 0 Å². The number of aliphatic imine (C=N–C) groups is 1. The topological polar surface area (TPSA) is 21.6 Å². The van der Waals surface area contributed by atoms with Crippen LogP contribution in [-0.4, -0.2) is 29.1 Å². The smallest absolute Gasteiger partial charge is 0.162 e. The van der Waals surface area contributed by atoms with Crippen LogP contribution in [-0.2, 0) is 4.43 Å². The van der Waals surface area contributed by atoms with E-state index in [1.165, 1.54) is 37.4 Å². The molecule has 1 aliphatic carbocycles. The van der Waals surface area contributed by atoms with Gasteiger partial charge in [-0.3, -0.25) is 4.99 Å². The molecule has 64 valence electrons. The van der Waals surface area contributed by atoms with Crippen LogP contribution in [0, 0.1) is 0 Å². The van der Waals surface area contributed by atoms with E-state index in [0.29, 0.717) is 0 Å². The first-order valence-electron chi connectivity index (χ1n) is 4.44. The highest BCUT2D eigenvalue weighted by atomic mass is 28.2. The van der Waals surface area contributed by atoms with Crippen molar-refractivity contribution in [3.63, 3.8) is 0 Å². The van der Waals surface area contributed by atoms with Gasteiger partial charge in [-0.25, -0.2) is 0 Å². The zero-order chi connectivity index (χ0) is 7.94. The van der Waals surface area contributed by atoms with Gasteiger partial charge < -0.3 is 4.43 Å². The van der Waals surface area contributed by atoms with Crippen LogP contribution in [0.5, 0.6) is 0 Å². The molecule has 0 aliphatic heterocycles. The first-order chi connectivity index (χ1) is 5.43. The first kappa shape index (κ1) is 8.94. The second-order valence-electron chi connectivity index (χ2n) is 3.00. The second-order valence-corrected chi connectivity index (χ2v) is 4.69. The van der Waals surface area contributed by atoms with Gasteiger partial charge in [-0.15, -0.1) is 0 Å². The Labute approximate surface area is 71.0 Å². The molecular formula is C8H17NOSi. The summed E-state index contributed by atoms with van der Waals surface area (Å²) < 4.78 is 5.08. The van der Waals surface area contributed by atoms with Crippen molar-refractivity contribution >= 4 is 15.5 Å². The van der Waals surface area contributed by atoms with Gasteiger partial charge in [0.2, 0.25) is 0 Å². The largest absolute Gasteiger partial charge is 0.427 e. The van der Waals surface area contributed by atoms with Crippen LogP contribution in [0.15, 0.2) is 4.99 Å². The van der Waals surface area contributed by atoms with Crippen molar-refractivity contribution in [1.82, 2.24) is 0 Å². The lowest BCUT2D eigenvalue weighted by atomic mass is 10.3. The van der Waals surface area contributed by atoms with Crippen LogP contribution < -0.4 is 0 Å². The molecule has 0 radical (unpaired) electrons. The quantitative estimate of drug-likeness (QED) is 0.459. The van der Waals surface area contributed by atoms with E-state index in [0.717, 1.165) is 6.54 Å². The molecule has 1 rings (SSSR count). The van der Waals surface area contributed by atoms with Crippen LogP contribution in [0.25, 0.3) is 0 Å². The maximum Gasteiger partial charge on any atom is 0.162 e. The fraction of sp³-hybridized carbons (Fsp3) is 0.875. The minimum absolute atomic E-state index is 0.223. The predicted molar refractivity (Wildman–Crippen MR) is 51.1 cm³/mol. The highest BCUT2D eigenvalue weighted by molar-refractivity contribution is 6.27. The predicted octanol–water partition coefficient (Wildman–Crippen LogP) is 1.15. The molecule has 0 unspecified atom stereocenters. The van der Waals surface area contributed by atoms with E-state index in [1.807, 2.05) is 0 Å². The maximum atomic E-state index is 5.08. The van der Waals surface area contributed by atoms with Gasteiger partial charge in [0.25, 0.3) is 0 Å². The van der Waals surface area contributed by atoms with E-state index in [1.54, 1.807) is 7.11 Å². The Balaban J connectivity index is 2.03.